The fourth-order valence-corrected chi connectivity index (χ4v) is 6.10. The summed E-state index contributed by atoms with van der Waals surface area (Å²) in [5.74, 6) is 26.2. The molecule has 0 heterocycles. The van der Waals surface area contributed by atoms with Crippen LogP contribution in [0.15, 0.2) is 206 Å². The molecular weight excluding hydrogens is 673 g/mol. The SMILES string of the molecule is C(#Cc1ccc(-c2ccccc2)cc1)c1ccc(C#Cc2ccc(-c3ccc(C#Cc4ccc(C#Cc5ccc(-c6ccccc6)cc5)cc4)cc3)cc2)cc1. The van der Waals surface area contributed by atoms with Crippen molar-refractivity contribution in [3.05, 3.63) is 251 Å². The molecule has 0 aromatic heterocycles. The highest BCUT2D eigenvalue weighted by atomic mass is 14.0. The van der Waals surface area contributed by atoms with Gasteiger partial charge < -0.3 is 0 Å². The largest absolute Gasteiger partial charge is 0.0622 e. The van der Waals surface area contributed by atoms with Crippen LogP contribution in [0.4, 0.5) is 0 Å². The van der Waals surface area contributed by atoms with Crippen molar-refractivity contribution in [1.29, 1.82) is 0 Å². The third-order valence-corrected chi connectivity index (χ3v) is 9.26. The van der Waals surface area contributed by atoms with Gasteiger partial charge in [0.1, 0.15) is 0 Å². The molecule has 0 spiro atoms. The van der Waals surface area contributed by atoms with Crippen molar-refractivity contribution in [3.8, 4) is 80.7 Å². The summed E-state index contributed by atoms with van der Waals surface area (Å²) in [6, 6.07) is 70.3. The van der Waals surface area contributed by atoms with Crippen molar-refractivity contribution in [1.82, 2.24) is 0 Å². The number of rotatable bonds is 3. The molecule has 8 aromatic carbocycles. The smallest absolute Gasteiger partial charge is 0.0249 e. The van der Waals surface area contributed by atoms with Gasteiger partial charge in [0.25, 0.3) is 0 Å². The standard InChI is InChI=1S/C56H34/c1-3-7-51(8-4-1)53-35-27-47(28-36-53)23-19-43-11-15-45(16-12-43)21-25-49-31-39-55(40-32-49)56-41-33-50(34-42-56)26-22-46-17-13-44(14-18-46)20-24-48-29-37-54(38-30-48)52-9-5-2-6-10-52/h1-18,27-42H. The lowest BCUT2D eigenvalue weighted by atomic mass is 10.0. The second-order valence-electron chi connectivity index (χ2n) is 13.2. The molecule has 0 fully saturated rings. The van der Waals surface area contributed by atoms with Gasteiger partial charge in [-0.2, -0.15) is 0 Å². The van der Waals surface area contributed by atoms with Crippen LogP contribution in [-0.4, -0.2) is 0 Å². The molecule has 0 aliphatic carbocycles. The van der Waals surface area contributed by atoms with Gasteiger partial charge in [0.15, 0.2) is 0 Å². The van der Waals surface area contributed by atoms with Gasteiger partial charge in [0.2, 0.25) is 0 Å². The predicted octanol–water partition coefficient (Wildman–Crippen LogP) is 12.3. The average Bonchev–Trinajstić information content (AvgIpc) is 3.28. The number of benzene rings is 8. The van der Waals surface area contributed by atoms with E-state index < -0.39 is 0 Å². The molecule has 0 nitrogen and oxygen atoms in total. The summed E-state index contributed by atoms with van der Waals surface area (Å²) in [5.41, 5.74) is 14.8. The summed E-state index contributed by atoms with van der Waals surface area (Å²) in [4.78, 5) is 0. The first-order valence-electron chi connectivity index (χ1n) is 18.5. The summed E-state index contributed by atoms with van der Waals surface area (Å²) < 4.78 is 0. The Kier molecular flexibility index (Phi) is 10.8. The Morgan fingerprint density at radius 1 is 0.143 bits per heavy atom. The molecular formula is C56H34. The van der Waals surface area contributed by atoms with Gasteiger partial charge in [0, 0.05) is 44.5 Å². The Balaban J connectivity index is 0.836. The van der Waals surface area contributed by atoms with Crippen LogP contribution in [0.5, 0.6) is 0 Å². The van der Waals surface area contributed by atoms with Crippen molar-refractivity contribution in [2.24, 2.45) is 0 Å². The molecule has 8 rings (SSSR count). The Morgan fingerprint density at radius 2 is 0.286 bits per heavy atom. The fraction of sp³-hybridized carbons (Fsp3) is 0. The van der Waals surface area contributed by atoms with Crippen molar-refractivity contribution in [2.45, 2.75) is 0 Å². The highest BCUT2D eigenvalue weighted by molar-refractivity contribution is 5.67. The summed E-state index contributed by atoms with van der Waals surface area (Å²) in [5, 5.41) is 0. The van der Waals surface area contributed by atoms with Crippen LogP contribution in [0.3, 0.4) is 0 Å². The Morgan fingerprint density at radius 3 is 0.464 bits per heavy atom. The molecule has 0 aliphatic heterocycles. The summed E-state index contributed by atoms with van der Waals surface area (Å²) in [6.07, 6.45) is 0. The zero-order valence-corrected chi connectivity index (χ0v) is 30.6. The maximum absolute atomic E-state index is 3.29. The molecule has 0 atom stereocenters. The van der Waals surface area contributed by atoms with E-state index >= 15 is 0 Å². The average molecular weight is 707 g/mol. The van der Waals surface area contributed by atoms with E-state index in [4.69, 9.17) is 0 Å². The van der Waals surface area contributed by atoms with E-state index in [0.29, 0.717) is 0 Å². The summed E-state index contributed by atoms with van der Waals surface area (Å²) in [6.45, 7) is 0. The molecule has 56 heavy (non-hydrogen) atoms. The molecule has 0 bridgehead atoms. The molecule has 0 aliphatic rings. The highest BCUT2D eigenvalue weighted by Gasteiger charge is 2.00. The molecule has 0 heteroatoms. The topological polar surface area (TPSA) is 0 Å². The minimum absolute atomic E-state index is 0.953. The minimum atomic E-state index is 0.953. The van der Waals surface area contributed by atoms with Crippen LogP contribution >= 0.6 is 0 Å². The molecule has 258 valence electrons. The second-order valence-corrected chi connectivity index (χ2v) is 13.2. The van der Waals surface area contributed by atoms with Crippen molar-refractivity contribution in [3.63, 3.8) is 0 Å². The summed E-state index contributed by atoms with van der Waals surface area (Å²) in [7, 11) is 0. The van der Waals surface area contributed by atoms with Gasteiger partial charge in [-0.1, -0.05) is 157 Å². The van der Waals surface area contributed by atoms with E-state index in [1.54, 1.807) is 0 Å². The number of hydrogen-bond donors (Lipinski definition) is 0. The molecule has 0 saturated heterocycles. The van der Waals surface area contributed by atoms with Crippen molar-refractivity contribution < 1.29 is 0 Å². The molecule has 0 radical (unpaired) electrons. The van der Waals surface area contributed by atoms with E-state index in [0.717, 1.165) is 55.6 Å². The first-order chi connectivity index (χ1) is 27.7. The third kappa shape index (κ3) is 9.32. The lowest BCUT2D eigenvalue weighted by Crippen LogP contribution is -1.82. The first-order valence-corrected chi connectivity index (χ1v) is 18.5. The van der Waals surface area contributed by atoms with Gasteiger partial charge in [-0.15, -0.1) is 0 Å². The van der Waals surface area contributed by atoms with E-state index in [1.807, 2.05) is 60.7 Å². The zero-order valence-electron chi connectivity index (χ0n) is 30.6. The fourth-order valence-electron chi connectivity index (χ4n) is 6.10. The Labute approximate surface area is 330 Å². The van der Waals surface area contributed by atoms with Gasteiger partial charge >= 0.3 is 0 Å². The van der Waals surface area contributed by atoms with E-state index in [1.165, 1.54) is 22.3 Å². The van der Waals surface area contributed by atoms with Crippen LogP contribution in [0.25, 0.3) is 33.4 Å². The maximum atomic E-state index is 3.29. The molecule has 8 aromatic rings. The van der Waals surface area contributed by atoms with Crippen LogP contribution in [0.2, 0.25) is 0 Å². The Bertz CT molecular complexity index is 2610. The molecule has 0 amide bonds. The normalized spacial score (nSPS) is 9.93. The van der Waals surface area contributed by atoms with E-state index in [-0.39, 0.29) is 0 Å². The Hall–Kier alpha value is -8.00. The lowest BCUT2D eigenvalue weighted by Gasteiger charge is -2.02. The van der Waals surface area contributed by atoms with Crippen LogP contribution in [0, 0.1) is 47.4 Å². The van der Waals surface area contributed by atoms with Crippen LogP contribution in [-0.2, 0) is 0 Å². The van der Waals surface area contributed by atoms with Gasteiger partial charge in [-0.25, -0.2) is 0 Å². The predicted molar refractivity (Wildman–Crippen MR) is 232 cm³/mol. The number of hydrogen-bond acceptors (Lipinski definition) is 0. The first kappa shape index (κ1) is 35.1. The monoisotopic (exact) mass is 706 g/mol. The lowest BCUT2D eigenvalue weighted by molar-refractivity contribution is 1.56. The molecule has 0 N–H and O–H groups in total. The quantitative estimate of drug-likeness (QED) is 0.161. The van der Waals surface area contributed by atoms with Gasteiger partial charge in [-0.3, -0.25) is 0 Å². The van der Waals surface area contributed by atoms with Crippen LogP contribution in [0.1, 0.15) is 44.5 Å². The molecule has 0 unspecified atom stereocenters. The second kappa shape index (κ2) is 17.2. The summed E-state index contributed by atoms with van der Waals surface area (Å²) >= 11 is 0. The van der Waals surface area contributed by atoms with Crippen molar-refractivity contribution >= 4 is 0 Å². The zero-order chi connectivity index (χ0) is 37.8. The van der Waals surface area contributed by atoms with Crippen molar-refractivity contribution in [2.75, 3.05) is 0 Å². The third-order valence-electron chi connectivity index (χ3n) is 9.26. The van der Waals surface area contributed by atoms with Gasteiger partial charge in [0.05, 0.1) is 0 Å². The molecule has 0 saturated carbocycles. The van der Waals surface area contributed by atoms with E-state index in [9.17, 15) is 0 Å². The van der Waals surface area contributed by atoms with Crippen LogP contribution < -0.4 is 0 Å². The van der Waals surface area contributed by atoms with Gasteiger partial charge in [-0.05, 0) is 130 Å². The highest BCUT2D eigenvalue weighted by Crippen LogP contribution is 2.22. The minimum Gasteiger partial charge on any atom is -0.0622 e. The van der Waals surface area contributed by atoms with E-state index in [2.05, 4.69) is 193 Å². The maximum Gasteiger partial charge on any atom is 0.0249 e.